The molecule has 184 valence electrons. The molecule has 4 N–H and O–H groups in total. The van der Waals surface area contributed by atoms with Crippen LogP contribution in [0.15, 0.2) is 60.7 Å². The summed E-state index contributed by atoms with van der Waals surface area (Å²) in [5.41, 5.74) is 2.07. The van der Waals surface area contributed by atoms with Gasteiger partial charge < -0.3 is 0 Å². The molecule has 3 aromatic carbocycles. The normalized spacial score (nSPS) is 15.1. The summed E-state index contributed by atoms with van der Waals surface area (Å²) in [6.45, 7) is 1.77. The van der Waals surface area contributed by atoms with Gasteiger partial charge in [-0.15, -0.1) is 0 Å². The lowest BCUT2D eigenvalue weighted by atomic mass is 9.70. The van der Waals surface area contributed by atoms with Gasteiger partial charge in [0.1, 0.15) is 5.41 Å². The molecule has 0 fully saturated rings. The van der Waals surface area contributed by atoms with Crippen LogP contribution in [0.4, 0.5) is 17.1 Å². The average molecular weight is 535 g/mol. The Bertz CT molecular complexity index is 1460. The van der Waals surface area contributed by atoms with E-state index in [4.69, 9.17) is 17.4 Å². The number of sulfonamides is 2. The van der Waals surface area contributed by atoms with Gasteiger partial charge in [0, 0.05) is 22.0 Å². The van der Waals surface area contributed by atoms with Gasteiger partial charge in [-0.05, 0) is 53.9 Å². The molecule has 0 saturated carbocycles. The third-order valence-corrected chi connectivity index (χ3v) is 7.41. The predicted molar refractivity (Wildman–Crippen MR) is 138 cm³/mol. The molecule has 35 heavy (non-hydrogen) atoms. The first-order valence-electron chi connectivity index (χ1n) is 10.3. The topological polar surface area (TPSA) is 139 Å². The van der Waals surface area contributed by atoms with Crippen LogP contribution in [0.2, 0.25) is 5.02 Å². The summed E-state index contributed by atoms with van der Waals surface area (Å²) in [6, 6.07) is 16.3. The van der Waals surface area contributed by atoms with Crippen molar-refractivity contribution in [3.05, 3.63) is 87.9 Å². The fraction of sp³-hybridized carbons (Fsp3) is 0.174. The van der Waals surface area contributed by atoms with Gasteiger partial charge >= 0.3 is 0 Å². The number of benzene rings is 3. The molecule has 0 unspecified atom stereocenters. The molecule has 1 aliphatic heterocycles. The SMILES string of the molecule is Cc1c(Cl)ccc2c1N(N)C(=O)C2(c1ccc(NS(C)(=O)=O)cc1)c1ccc(NS(C)(=O)=O)cc1. The molecule has 0 atom stereocenters. The number of amides is 1. The van der Waals surface area contributed by atoms with Crippen LogP contribution in [0, 0.1) is 6.92 Å². The number of fused-ring (bicyclic) bond motifs is 1. The lowest BCUT2D eigenvalue weighted by molar-refractivity contribution is -0.120. The Labute approximate surface area is 209 Å². The third-order valence-electron chi connectivity index (χ3n) is 5.79. The Balaban J connectivity index is 1.96. The van der Waals surface area contributed by atoms with Crippen molar-refractivity contribution in [2.75, 3.05) is 27.0 Å². The number of nitrogens with two attached hydrogens (primary N) is 1. The van der Waals surface area contributed by atoms with Crippen LogP contribution in [0.5, 0.6) is 0 Å². The van der Waals surface area contributed by atoms with Crippen molar-refractivity contribution < 1.29 is 21.6 Å². The standard InChI is InChI=1S/C23H23ClN4O5S2/c1-14-20(24)13-12-19-21(14)28(25)22(29)23(19,15-4-8-17(9-5-15)26-34(2,30)31)16-6-10-18(11-7-16)27-35(3,32)33/h4-13,26-27H,25H2,1-3H3. The summed E-state index contributed by atoms with van der Waals surface area (Å²) in [4.78, 5) is 13.9. The molecule has 0 bridgehead atoms. The molecule has 0 aromatic heterocycles. The van der Waals surface area contributed by atoms with Gasteiger partial charge in [-0.1, -0.05) is 41.9 Å². The summed E-state index contributed by atoms with van der Waals surface area (Å²) in [7, 11) is -6.98. The number of carbonyl (C=O) groups is 1. The zero-order chi connectivity index (χ0) is 25.8. The maximum atomic E-state index is 13.9. The van der Waals surface area contributed by atoms with E-state index in [0.29, 0.717) is 44.3 Å². The first-order chi connectivity index (χ1) is 16.2. The van der Waals surface area contributed by atoms with Gasteiger partial charge in [0.2, 0.25) is 20.0 Å². The number of hydrazine groups is 1. The van der Waals surface area contributed by atoms with Crippen molar-refractivity contribution in [1.29, 1.82) is 0 Å². The molecule has 3 aromatic rings. The summed E-state index contributed by atoms with van der Waals surface area (Å²) in [5, 5.41) is 1.52. The zero-order valence-corrected chi connectivity index (χ0v) is 21.4. The number of halogens is 1. The number of nitrogens with zero attached hydrogens (tertiary/aromatic N) is 1. The summed E-state index contributed by atoms with van der Waals surface area (Å²) in [5.74, 6) is 5.84. The van der Waals surface area contributed by atoms with Crippen LogP contribution in [-0.2, 0) is 30.3 Å². The first kappa shape index (κ1) is 25.0. The Morgan fingerprint density at radius 3 is 1.63 bits per heavy atom. The quantitative estimate of drug-likeness (QED) is 0.328. The highest BCUT2D eigenvalue weighted by Crippen LogP contribution is 2.51. The summed E-state index contributed by atoms with van der Waals surface area (Å²) < 4.78 is 51.4. The molecule has 0 spiro atoms. The van der Waals surface area contributed by atoms with E-state index in [1.807, 2.05) is 0 Å². The van der Waals surface area contributed by atoms with Crippen molar-refractivity contribution in [2.45, 2.75) is 12.3 Å². The Hall–Kier alpha value is -3.12. The van der Waals surface area contributed by atoms with Gasteiger partial charge in [-0.2, -0.15) is 0 Å². The van der Waals surface area contributed by atoms with E-state index in [2.05, 4.69) is 9.44 Å². The number of nitrogens with one attached hydrogen (secondary N) is 2. The highest BCUT2D eigenvalue weighted by atomic mass is 35.5. The minimum absolute atomic E-state index is 0.335. The molecule has 12 heteroatoms. The molecule has 0 aliphatic carbocycles. The maximum Gasteiger partial charge on any atom is 0.260 e. The average Bonchev–Trinajstić information content (AvgIpc) is 2.98. The van der Waals surface area contributed by atoms with Crippen LogP contribution in [0.3, 0.4) is 0 Å². The Morgan fingerprint density at radius 1 is 0.800 bits per heavy atom. The fourth-order valence-electron chi connectivity index (χ4n) is 4.42. The van der Waals surface area contributed by atoms with E-state index < -0.39 is 31.4 Å². The lowest BCUT2D eigenvalue weighted by Gasteiger charge is -2.30. The molecule has 0 radical (unpaired) electrons. The Kier molecular flexibility index (Phi) is 6.08. The largest absolute Gasteiger partial charge is 0.284 e. The van der Waals surface area contributed by atoms with Crippen LogP contribution in [-0.4, -0.2) is 35.3 Å². The molecular formula is C23H23ClN4O5S2. The molecular weight excluding hydrogens is 512 g/mol. The predicted octanol–water partition coefficient (Wildman–Crippen LogP) is 2.95. The minimum Gasteiger partial charge on any atom is -0.284 e. The van der Waals surface area contributed by atoms with E-state index in [1.165, 1.54) is 0 Å². The van der Waals surface area contributed by atoms with Crippen LogP contribution in [0.1, 0.15) is 22.3 Å². The van der Waals surface area contributed by atoms with Crippen molar-refractivity contribution in [2.24, 2.45) is 5.84 Å². The highest BCUT2D eigenvalue weighted by molar-refractivity contribution is 7.92. The van der Waals surface area contributed by atoms with Gasteiger partial charge in [0.25, 0.3) is 5.91 Å². The third kappa shape index (κ3) is 4.47. The van der Waals surface area contributed by atoms with Gasteiger partial charge in [0.05, 0.1) is 18.2 Å². The number of hydrogen-bond donors (Lipinski definition) is 3. The number of hydrogen-bond acceptors (Lipinski definition) is 6. The van der Waals surface area contributed by atoms with E-state index in [9.17, 15) is 21.6 Å². The molecule has 9 nitrogen and oxygen atoms in total. The number of rotatable bonds is 6. The maximum absolute atomic E-state index is 13.9. The second-order valence-corrected chi connectivity index (χ2v) is 12.3. The Morgan fingerprint density at radius 2 is 1.23 bits per heavy atom. The number of carbonyl (C=O) groups excluding carboxylic acids is 1. The second kappa shape index (κ2) is 8.52. The van der Waals surface area contributed by atoms with Crippen molar-refractivity contribution in [3.63, 3.8) is 0 Å². The smallest absolute Gasteiger partial charge is 0.260 e. The minimum atomic E-state index is -3.49. The van der Waals surface area contributed by atoms with Crippen LogP contribution >= 0.6 is 11.6 Å². The van der Waals surface area contributed by atoms with Crippen LogP contribution < -0.4 is 20.3 Å². The van der Waals surface area contributed by atoms with E-state index in [0.717, 1.165) is 17.5 Å². The molecule has 0 saturated heterocycles. The van der Waals surface area contributed by atoms with Crippen LogP contribution in [0.25, 0.3) is 0 Å². The van der Waals surface area contributed by atoms with Crippen molar-refractivity contribution >= 4 is 54.6 Å². The molecule has 1 aliphatic rings. The molecule has 1 heterocycles. The lowest BCUT2D eigenvalue weighted by Crippen LogP contribution is -2.45. The second-order valence-electron chi connectivity index (χ2n) is 8.40. The van der Waals surface area contributed by atoms with Crippen molar-refractivity contribution in [1.82, 2.24) is 0 Å². The van der Waals surface area contributed by atoms with Gasteiger partial charge in [0.15, 0.2) is 0 Å². The van der Waals surface area contributed by atoms with E-state index >= 15 is 0 Å². The van der Waals surface area contributed by atoms with Crippen molar-refractivity contribution in [3.8, 4) is 0 Å². The van der Waals surface area contributed by atoms with E-state index in [-0.39, 0.29) is 0 Å². The zero-order valence-electron chi connectivity index (χ0n) is 19.0. The molecule has 4 rings (SSSR count). The molecule has 1 amide bonds. The summed E-state index contributed by atoms with van der Waals surface area (Å²) >= 11 is 6.33. The fourth-order valence-corrected chi connectivity index (χ4v) is 5.70. The first-order valence-corrected chi connectivity index (χ1v) is 14.5. The monoisotopic (exact) mass is 534 g/mol. The van der Waals surface area contributed by atoms with E-state index in [1.54, 1.807) is 67.6 Å². The highest BCUT2D eigenvalue weighted by Gasteiger charge is 2.53. The van der Waals surface area contributed by atoms with Gasteiger partial charge in [-0.3, -0.25) is 14.2 Å². The summed E-state index contributed by atoms with van der Waals surface area (Å²) in [6.07, 6.45) is 2.09. The van der Waals surface area contributed by atoms with Gasteiger partial charge in [-0.25, -0.2) is 27.7 Å². The number of anilines is 3.